The fraction of sp³-hybridized carbons (Fsp3) is 0.286. The van der Waals surface area contributed by atoms with Gasteiger partial charge in [-0.05, 0) is 25.5 Å². The molecule has 0 spiro atoms. The van der Waals surface area contributed by atoms with Crippen LogP contribution in [-0.4, -0.2) is 29.2 Å². The van der Waals surface area contributed by atoms with Crippen molar-refractivity contribution in [3.8, 4) is 11.3 Å². The summed E-state index contributed by atoms with van der Waals surface area (Å²) >= 11 is 0. The maximum atomic E-state index is 12.8. The monoisotopic (exact) mass is 400 g/mol. The lowest BCUT2D eigenvalue weighted by molar-refractivity contribution is -0.137. The van der Waals surface area contributed by atoms with Gasteiger partial charge in [0.15, 0.2) is 5.82 Å². The highest BCUT2D eigenvalue weighted by atomic mass is 19.4. The Hall–Kier alpha value is -3.16. The van der Waals surface area contributed by atoms with Crippen molar-refractivity contribution in [3.05, 3.63) is 54.1 Å². The highest BCUT2D eigenvalue weighted by Crippen LogP contribution is 2.34. The van der Waals surface area contributed by atoms with E-state index in [1.165, 1.54) is 12.1 Å². The number of hydrogen-bond acceptors (Lipinski definition) is 4. The summed E-state index contributed by atoms with van der Waals surface area (Å²) in [7, 11) is 0. The number of nitrogens with one attached hydrogen (secondary N) is 2. The largest absolute Gasteiger partial charge is 0.416 e. The molecule has 29 heavy (non-hydrogen) atoms. The molecule has 2 N–H and O–H groups in total. The van der Waals surface area contributed by atoms with Gasteiger partial charge in [-0.3, -0.25) is 4.79 Å². The summed E-state index contributed by atoms with van der Waals surface area (Å²) in [5.41, 5.74) is -0.172. The number of rotatable bonds is 4. The van der Waals surface area contributed by atoms with Crippen LogP contribution in [0.15, 0.2) is 48.5 Å². The van der Waals surface area contributed by atoms with Crippen LogP contribution in [0.4, 0.5) is 19.0 Å². The number of carbonyl (C=O) groups is 1. The van der Waals surface area contributed by atoms with Crippen LogP contribution < -0.4 is 10.6 Å². The molecule has 3 aromatic rings. The van der Waals surface area contributed by atoms with Crippen LogP contribution in [0.2, 0.25) is 0 Å². The molecule has 0 bridgehead atoms. The van der Waals surface area contributed by atoms with E-state index in [1.807, 2.05) is 31.2 Å². The first kappa shape index (κ1) is 19.2. The smallest absolute Gasteiger partial charge is 0.367 e. The van der Waals surface area contributed by atoms with Gasteiger partial charge in [0.1, 0.15) is 5.69 Å². The molecular formula is C21H19F3N4O. The summed E-state index contributed by atoms with van der Waals surface area (Å²) in [6.07, 6.45) is -3.66. The van der Waals surface area contributed by atoms with Crippen LogP contribution >= 0.6 is 0 Å². The first-order valence-corrected chi connectivity index (χ1v) is 9.23. The third-order valence-electron chi connectivity index (χ3n) is 5.33. The van der Waals surface area contributed by atoms with Gasteiger partial charge in [0.25, 0.3) is 0 Å². The van der Waals surface area contributed by atoms with Gasteiger partial charge in [0.05, 0.1) is 11.0 Å². The van der Waals surface area contributed by atoms with Crippen LogP contribution in [-0.2, 0) is 11.0 Å². The van der Waals surface area contributed by atoms with Crippen LogP contribution in [0.1, 0.15) is 18.9 Å². The first-order valence-electron chi connectivity index (χ1n) is 9.23. The van der Waals surface area contributed by atoms with Crippen molar-refractivity contribution in [2.75, 3.05) is 18.4 Å². The second kappa shape index (κ2) is 7.02. The second-order valence-corrected chi connectivity index (χ2v) is 7.44. The number of hydrogen-bond donors (Lipinski definition) is 2. The number of anilines is 1. The van der Waals surface area contributed by atoms with E-state index in [0.717, 1.165) is 29.3 Å². The molecule has 0 unspecified atom stereocenters. The molecule has 1 amide bonds. The van der Waals surface area contributed by atoms with Crippen LogP contribution in [0.5, 0.6) is 0 Å². The average Bonchev–Trinajstić information content (AvgIpc) is 3.04. The number of halogens is 3. The molecule has 150 valence electrons. The second-order valence-electron chi connectivity index (χ2n) is 7.44. The minimum absolute atomic E-state index is 0.00337. The fourth-order valence-corrected chi connectivity index (χ4v) is 3.49. The number of amides is 1. The van der Waals surface area contributed by atoms with E-state index in [0.29, 0.717) is 30.2 Å². The summed E-state index contributed by atoms with van der Waals surface area (Å²) in [4.78, 5) is 12.1. The Balaban J connectivity index is 1.68. The normalized spacial score (nSPS) is 19.4. The molecule has 1 atom stereocenters. The van der Waals surface area contributed by atoms with Crippen LogP contribution in [0.3, 0.4) is 0 Å². The van der Waals surface area contributed by atoms with Gasteiger partial charge in [-0.15, -0.1) is 10.2 Å². The van der Waals surface area contributed by atoms with Gasteiger partial charge in [-0.25, -0.2) is 0 Å². The predicted molar refractivity (Wildman–Crippen MR) is 104 cm³/mol. The molecule has 1 aromatic heterocycles. The van der Waals surface area contributed by atoms with E-state index < -0.39 is 17.2 Å². The van der Waals surface area contributed by atoms with E-state index in [1.54, 1.807) is 0 Å². The summed E-state index contributed by atoms with van der Waals surface area (Å²) in [5, 5.41) is 16.1. The predicted octanol–water partition coefficient (Wildman–Crippen LogP) is 4.25. The van der Waals surface area contributed by atoms with Crippen molar-refractivity contribution in [1.82, 2.24) is 15.5 Å². The lowest BCUT2D eigenvalue weighted by atomic mass is 9.89. The molecule has 2 heterocycles. The molecule has 0 saturated carbocycles. The highest BCUT2D eigenvalue weighted by molar-refractivity contribution is 6.00. The summed E-state index contributed by atoms with van der Waals surface area (Å²) in [6, 6.07) is 12.3. The maximum Gasteiger partial charge on any atom is 0.416 e. The lowest BCUT2D eigenvalue weighted by Gasteiger charge is -2.21. The standard InChI is InChI=1S/C21H19F3N4O/c1-20(10-11-25-19(20)29)12-26-18-16-5-3-2-4-15(16)17(27-28-18)13-6-8-14(9-7-13)21(22,23)24/h2-9H,10-12H2,1H3,(H,25,29)(H,26,28)/t20-/m1/s1. The van der Waals surface area contributed by atoms with E-state index in [2.05, 4.69) is 20.8 Å². The highest BCUT2D eigenvalue weighted by Gasteiger charge is 2.37. The molecule has 1 aliphatic rings. The van der Waals surface area contributed by atoms with Gasteiger partial charge < -0.3 is 10.6 Å². The SMILES string of the molecule is C[C@]1(CNc2nnc(-c3ccc(C(F)(F)F)cc3)c3ccccc23)CCNC1=O. The fourth-order valence-electron chi connectivity index (χ4n) is 3.49. The Morgan fingerprint density at radius 1 is 1.07 bits per heavy atom. The zero-order valence-corrected chi connectivity index (χ0v) is 15.7. The van der Waals surface area contributed by atoms with Crippen molar-refractivity contribution in [1.29, 1.82) is 0 Å². The molecule has 1 saturated heterocycles. The lowest BCUT2D eigenvalue weighted by Crippen LogP contribution is -2.34. The molecule has 4 rings (SSSR count). The van der Waals surface area contributed by atoms with Crippen molar-refractivity contribution in [2.24, 2.45) is 5.41 Å². The number of aromatic nitrogens is 2. The number of benzene rings is 2. The van der Waals surface area contributed by atoms with E-state index in [9.17, 15) is 18.0 Å². The average molecular weight is 400 g/mol. The van der Waals surface area contributed by atoms with Crippen molar-refractivity contribution in [3.63, 3.8) is 0 Å². The maximum absolute atomic E-state index is 12.8. The van der Waals surface area contributed by atoms with Crippen molar-refractivity contribution >= 4 is 22.5 Å². The first-order chi connectivity index (χ1) is 13.8. The van der Waals surface area contributed by atoms with Gasteiger partial charge in [0, 0.05) is 29.4 Å². The number of carbonyl (C=O) groups excluding carboxylic acids is 1. The Kier molecular flexibility index (Phi) is 4.64. The van der Waals surface area contributed by atoms with Gasteiger partial charge >= 0.3 is 6.18 Å². The zero-order valence-electron chi connectivity index (χ0n) is 15.7. The molecule has 0 aliphatic carbocycles. The van der Waals surface area contributed by atoms with Crippen molar-refractivity contribution < 1.29 is 18.0 Å². The van der Waals surface area contributed by atoms with E-state index in [-0.39, 0.29) is 5.91 Å². The molecule has 5 nitrogen and oxygen atoms in total. The van der Waals surface area contributed by atoms with Gasteiger partial charge in [-0.2, -0.15) is 13.2 Å². The quantitative estimate of drug-likeness (QED) is 0.687. The Morgan fingerprint density at radius 2 is 1.76 bits per heavy atom. The Morgan fingerprint density at radius 3 is 2.38 bits per heavy atom. The zero-order chi connectivity index (χ0) is 20.6. The topological polar surface area (TPSA) is 66.9 Å². The molecule has 8 heteroatoms. The minimum atomic E-state index is -4.39. The van der Waals surface area contributed by atoms with Crippen molar-refractivity contribution in [2.45, 2.75) is 19.5 Å². The summed E-state index contributed by atoms with van der Waals surface area (Å²) < 4.78 is 38.5. The summed E-state index contributed by atoms with van der Waals surface area (Å²) in [6.45, 7) is 2.96. The van der Waals surface area contributed by atoms with E-state index >= 15 is 0 Å². The third kappa shape index (κ3) is 3.62. The minimum Gasteiger partial charge on any atom is -0.367 e. The Bertz CT molecular complexity index is 1070. The van der Waals surface area contributed by atoms with Gasteiger partial charge in [0.2, 0.25) is 5.91 Å². The number of alkyl halides is 3. The van der Waals surface area contributed by atoms with E-state index in [4.69, 9.17) is 0 Å². The van der Waals surface area contributed by atoms with Crippen LogP contribution in [0, 0.1) is 5.41 Å². The van der Waals surface area contributed by atoms with Gasteiger partial charge in [-0.1, -0.05) is 36.4 Å². The number of nitrogens with zero attached hydrogens (tertiary/aromatic N) is 2. The third-order valence-corrected chi connectivity index (χ3v) is 5.33. The molecular weight excluding hydrogens is 381 g/mol. The summed E-state index contributed by atoms with van der Waals surface area (Å²) in [5.74, 6) is 0.542. The molecule has 1 aliphatic heterocycles. The molecule has 1 fully saturated rings. The Labute approximate surface area is 165 Å². The van der Waals surface area contributed by atoms with Crippen LogP contribution in [0.25, 0.3) is 22.0 Å². The molecule has 0 radical (unpaired) electrons. The molecule has 2 aromatic carbocycles. The number of fused-ring (bicyclic) bond motifs is 1.